The maximum atomic E-state index is 13.7. The minimum atomic E-state index is -0.898. The van der Waals surface area contributed by atoms with Gasteiger partial charge in [-0.1, -0.05) is 41.1 Å². The van der Waals surface area contributed by atoms with Crippen LogP contribution in [-0.2, 0) is 4.79 Å². The molecule has 1 aliphatic heterocycles. The summed E-state index contributed by atoms with van der Waals surface area (Å²) in [6, 6.07) is 13.3. The molecule has 2 aromatic carbocycles. The molecular formula is C22H12ClFN2O3S2. The molecule has 2 aromatic heterocycles. The molecule has 5 nitrogen and oxygen atoms in total. The molecule has 4 aromatic rings. The highest BCUT2D eigenvalue weighted by atomic mass is 35.5. The number of ketones is 1. The Morgan fingerprint density at radius 1 is 1.16 bits per heavy atom. The molecule has 0 radical (unpaired) electrons. The number of thiophene rings is 1. The predicted molar refractivity (Wildman–Crippen MR) is 120 cm³/mol. The first kappa shape index (κ1) is 19.9. The van der Waals surface area contributed by atoms with E-state index >= 15 is 0 Å². The third-order valence-electron chi connectivity index (χ3n) is 4.93. The molecule has 31 heavy (non-hydrogen) atoms. The van der Waals surface area contributed by atoms with Gasteiger partial charge in [0.2, 0.25) is 5.78 Å². The average Bonchev–Trinajstić information content (AvgIpc) is 3.47. The Labute approximate surface area is 188 Å². The molecule has 0 unspecified atom stereocenters. The smallest absolute Gasteiger partial charge is 0.296 e. The largest absolute Gasteiger partial charge is 0.503 e. The van der Waals surface area contributed by atoms with Gasteiger partial charge in [-0.15, -0.1) is 11.3 Å². The zero-order valence-corrected chi connectivity index (χ0v) is 18.0. The van der Waals surface area contributed by atoms with Crippen LogP contribution in [0.4, 0.5) is 9.52 Å². The third-order valence-corrected chi connectivity index (χ3v) is 7.07. The van der Waals surface area contributed by atoms with E-state index in [2.05, 4.69) is 4.98 Å². The Morgan fingerprint density at radius 2 is 1.94 bits per heavy atom. The molecule has 0 saturated heterocycles. The second-order valence-electron chi connectivity index (χ2n) is 6.81. The highest BCUT2D eigenvalue weighted by Crippen LogP contribution is 2.44. The van der Waals surface area contributed by atoms with Gasteiger partial charge >= 0.3 is 0 Å². The van der Waals surface area contributed by atoms with E-state index in [-0.39, 0.29) is 10.7 Å². The summed E-state index contributed by atoms with van der Waals surface area (Å²) in [5.74, 6) is -2.21. The number of amides is 1. The van der Waals surface area contributed by atoms with E-state index in [4.69, 9.17) is 11.6 Å². The fraction of sp³-hybridized carbons (Fsp3) is 0.0455. The van der Waals surface area contributed by atoms with Crippen molar-refractivity contribution in [1.82, 2.24) is 4.98 Å². The number of halogens is 2. The molecule has 0 aliphatic carbocycles. The molecule has 1 atom stereocenters. The van der Waals surface area contributed by atoms with Gasteiger partial charge < -0.3 is 5.11 Å². The van der Waals surface area contributed by atoms with Crippen molar-refractivity contribution in [3.05, 3.63) is 92.6 Å². The number of aliphatic hydroxyl groups is 1. The van der Waals surface area contributed by atoms with Crippen molar-refractivity contribution in [2.45, 2.75) is 6.04 Å². The Balaban J connectivity index is 1.68. The quantitative estimate of drug-likeness (QED) is 0.375. The topological polar surface area (TPSA) is 70.5 Å². The van der Waals surface area contributed by atoms with Crippen molar-refractivity contribution in [2.75, 3.05) is 4.90 Å². The standard InChI is InChI=1S/C22H12ClFN2O3S2/c23-12-5-3-11(4-6-12)18-17(19(27)15-2-1-9-30-15)20(28)21(29)26(18)22-25-14-8-7-13(24)10-16(14)31-22/h1-10,18,28H/t18-/m1/s1. The summed E-state index contributed by atoms with van der Waals surface area (Å²) in [6.07, 6.45) is 0. The number of aromatic nitrogens is 1. The Morgan fingerprint density at radius 3 is 2.65 bits per heavy atom. The predicted octanol–water partition coefficient (Wildman–Crippen LogP) is 5.93. The molecule has 1 amide bonds. The third kappa shape index (κ3) is 3.33. The number of benzene rings is 2. The summed E-state index contributed by atoms with van der Waals surface area (Å²) in [7, 11) is 0. The number of hydrogen-bond donors (Lipinski definition) is 1. The summed E-state index contributed by atoms with van der Waals surface area (Å²) >= 11 is 8.36. The zero-order valence-electron chi connectivity index (χ0n) is 15.6. The molecule has 154 valence electrons. The highest BCUT2D eigenvalue weighted by molar-refractivity contribution is 7.22. The van der Waals surface area contributed by atoms with E-state index in [0.717, 1.165) is 11.3 Å². The van der Waals surface area contributed by atoms with Gasteiger partial charge in [0.05, 0.1) is 26.7 Å². The monoisotopic (exact) mass is 470 g/mol. The fourth-order valence-corrected chi connectivity index (χ4v) is 5.35. The number of hydrogen-bond acceptors (Lipinski definition) is 6. The van der Waals surface area contributed by atoms with Gasteiger partial charge in [-0.3, -0.25) is 14.5 Å². The van der Waals surface area contributed by atoms with Crippen LogP contribution in [0.5, 0.6) is 0 Å². The second-order valence-corrected chi connectivity index (χ2v) is 9.20. The first-order valence-corrected chi connectivity index (χ1v) is 11.2. The lowest BCUT2D eigenvalue weighted by Gasteiger charge is -2.24. The number of carbonyl (C=O) groups excluding carboxylic acids is 2. The molecule has 0 fully saturated rings. The first-order chi connectivity index (χ1) is 14.9. The van der Waals surface area contributed by atoms with E-state index < -0.39 is 29.3 Å². The van der Waals surface area contributed by atoms with Crippen molar-refractivity contribution in [3.63, 3.8) is 0 Å². The lowest BCUT2D eigenvalue weighted by molar-refractivity contribution is -0.117. The van der Waals surface area contributed by atoms with Gasteiger partial charge in [0.1, 0.15) is 5.82 Å². The number of thiazole rings is 1. The van der Waals surface area contributed by atoms with Crippen molar-refractivity contribution >= 4 is 61.3 Å². The summed E-state index contributed by atoms with van der Waals surface area (Å²) in [6.45, 7) is 0. The number of Topliss-reactive ketones (excluding diaryl/α,β-unsaturated/α-hetero) is 1. The summed E-state index contributed by atoms with van der Waals surface area (Å²) in [5.41, 5.74) is 1.08. The average molecular weight is 471 g/mol. The molecular weight excluding hydrogens is 459 g/mol. The number of carbonyl (C=O) groups is 2. The SMILES string of the molecule is O=C(C1=C(O)C(=O)N(c2nc3ccc(F)cc3s2)[C@@H]1c1ccc(Cl)cc1)c1cccs1. The van der Waals surface area contributed by atoms with E-state index in [1.165, 1.54) is 34.4 Å². The van der Waals surface area contributed by atoms with Gasteiger partial charge in [-0.25, -0.2) is 9.37 Å². The van der Waals surface area contributed by atoms with Crippen LogP contribution in [0, 0.1) is 5.82 Å². The van der Waals surface area contributed by atoms with E-state index in [1.54, 1.807) is 41.8 Å². The normalized spacial score (nSPS) is 16.5. The Bertz CT molecular complexity index is 1360. The lowest BCUT2D eigenvalue weighted by Crippen LogP contribution is -2.30. The van der Waals surface area contributed by atoms with Gasteiger partial charge in [0.25, 0.3) is 5.91 Å². The Kier molecular flexibility index (Phi) is 4.85. The van der Waals surface area contributed by atoms with Crippen LogP contribution in [0.3, 0.4) is 0 Å². The van der Waals surface area contributed by atoms with E-state index in [9.17, 15) is 19.1 Å². The van der Waals surface area contributed by atoms with E-state index in [0.29, 0.717) is 25.7 Å². The number of anilines is 1. The second kappa shape index (κ2) is 7.56. The number of nitrogens with zero attached hydrogens (tertiary/aromatic N) is 2. The number of rotatable bonds is 4. The summed E-state index contributed by atoms with van der Waals surface area (Å²) in [5, 5.41) is 13.2. The van der Waals surface area contributed by atoms with Gasteiger partial charge in [0.15, 0.2) is 10.9 Å². The van der Waals surface area contributed by atoms with Gasteiger partial charge in [-0.05, 0) is 47.3 Å². The number of aliphatic hydroxyl groups excluding tert-OH is 1. The maximum Gasteiger partial charge on any atom is 0.296 e. The van der Waals surface area contributed by atoms with Crippen LogP contribution in [0.1, 0.15) is 21.3 Å². The van der Waals surface area contributed by atoms with E-state index in [1.807, 2.05) is 0 Å². The molecule has 1 aliphatic rings. The van der Waals surface area contributed by atoms with Crippen LogP contribution >= 0.6 is 34.3 Å². The molecule has 0 spiro atoms. The van der Waals surface area contributed by atoms with Gasteiger partial charge in [0, 0.05) is 5.02 Å². The minimum Gasteiger partial charge on any atom is -0.503 e. The van der Waals surface area contributed by atoms with Crippen LogP contribution < -0.4 is 4.90 Å². The van der Waals surface area contributed by atoms with Crippen LogP contribution in [0.15, 0.2) is 71.3 Å². The van der Waals surface area contributed by atoms with Crippen molar-refractivity contribution < 1.29 is 19.1 Å². The zero-order chi connectivity index (χ0) is 21.7. The first-order valence-electron chi connectivity index (χ1n) is 9.10. The van der Waals surface area contributed by atoms with Crippen LogP contribution in [0.25, 0.3) is 10.2 Å². The molecule has 1 N–H and O–H groups in total. The molecule has 0 saturated carbocycles. The lowest BCUT2D eigenvalue weighted by atomic mass is 9.95. The molecule has 0 bridgehead atoms. The number of fused-ring (bicyclic) bond motifs is 1. The Hall–Kier alpha value is -3.07. The van der Waals surface area contributed by atoms with Gasteiger partial charge in [-0.2, -0.15) is 0 Å². The van der Waals surface area contributed by atoms with Crippen molar-refractivity contribution in [2.24, 2.45) is 0 Å². The highest BCUT2D eigenvalue weighted by Gasteiger charge is 2.46. The van der Waals surface area contributed by atoms with Crippen molar-refractivity contribution in [1.29, 1.82) is 0 Å². The fourth-order valence-electron chi connectivity index (χ4n) is 3.52. The molecule has 9 heteroatoms. The van der Waals surface area contributed by atoms with Crippen LogP contribution in [0.2, 0.25) is 5.02 Å². The molecule has 3 heterocycles. The summed E-state index contributed by atoms with van der Waals surface area (Å²) in [4.78, 5) is 32.5. The minimum absolute atomic E-state index is 0.0276. The maximum absolute atomic E-state index is 13.7. The molecule has 5 rings (SSSR count). The summed E-state index contributed by atoms with van der Waals surface area (Å²) < 4.78 is 14.2. The van der Waals surface area contributed by atoms with Crippen LogP contribution in [-0.4, -0.2) is 21.8 Å². The van der Waals surface area contributed by atoms with Crippen molar-refractivity contribution in [3.8, 4) is 0 Å².